The summed E-state index contributed by atoms with van der Waals surface area (Å²) in [5.41, 5.74) is 4.43. The molecule has 1 amide bonds. The third-order valence-corrected chi connectivity index (χ3v) is 3.34. The van der Waals surface area contributed by atoms with Crippen LogP contribution in [0.25, 0.3) is 0 Å². The van der Waals surface area contributed by atoms with E-state index in [1.807, 2.05) is 12.1 Å². The Morgan fingerprint density at radius 2 is 1.80 bits per heavy atom. The number of aromatic nitrogens is 1. The Morgan fingerprint density at radius 3 is 2.45 bits per heavy atom. The Balaban J connectivity index is 2.10. The van der Waals surface area contributed by atoms with Gasteiger partial charge in [0.25, 0.3) is 5.91 Å². The lowest BCUT2D eigenvalue weighted by molar-refractivity contribution is 0.0955. The van der Waals surface area contributed by atoms with E-state index >= 15 is 0 Å². The molecule has 4 nitrogen and oxygen atoms in total. The predicted octanol–water partition coefficient (Wildman–Crippen LogP) is 3.54. The van der Waals surface area contributed by atoms with E-state index in [2.05, 4.69) is 15.5 Å². The maximum atomic E-state index is 11.9. The number of pyridine rings is 1. The molecule has 0 spiro atoms. The zero-order chi connectivity index (χ0) is 14.5. The topological polar surface area (TPSA) is 54.4 Å². The number of nitrogens with zero attached hydrogens (tertiary/aromatic N) is 2. The molecule has 0 saturated heterocycles. The van der Waals surface area contributed by atoms with Crippen molar-refractivity contribution in [2.45, 2.75) is 6.92 Å². The van der Waals surface area contributed by atoms with Crippen LogP contribution in [0.1, 0.15) is 22.8 Å². The van der Waals surface area contributed by atoms with Gasteiger partial charge in [0, 0.05) is 23.5 Å². The average molecular weight is 308 g/mol. The molecule has 0 aliphatic carbocycles. The van der Waals surface area contributed by atoms with Gasteiger partial charge in [-0.1, -0.05) is 23.2 Å². The first-order valence-electron chi connectivity index (χ1n) is 5.78. The van der Waals surface area contributed by atoms with Crippen LogP contribution in [0.15, 0.2) is 47.8 Å². The minimum Gasteiger partial charge on any atom is -0.267 e. The van der Waals surface area contributed by atoms with Gasteiger partial charge in [0.2, 0.25) is 0 Å². The summed E-state index contributed by atoms with van der Waals surface area (Å²) in [5.74, 6) is -0.350. The maximum Gasteiger partial charge on any atom is 0.271 e. The van der Waals surface area contributed by atoms with Crippen LogP contribution in [-0.4, -0.2) is 16.6 Å². The third-order valence-electron chi connectivity index (χ3n) is 2.61. The number of halogens is 2. The summed E-state index contributed by atoms with van der Waals surface area (Å²) < 4.78 is 0. The Morgan fingerprint density at radius 1 is 1.10 bits per heavy atom. The number of amides is 1. The standard InChI is InChI=1S/C14H11Cl2N3O/c1-9(10-4-6-17-7-5-10)18-19-14(20)11-2-3-12(15)13(16)8-11/h2-8H,1H3,(H,19,20)/b18-9+. The fraction of sp³-hybridized carbons (Fsp3) is 0.0714. The van der Waals surface area contributed by atoms with Gasteiger partial charge >= 0.3 is 0 Å². The molecule has 0 atom stereocenters. The summed E-state index contributed by atoms with van der Waals surface area (Å²) >= 11 is 11.7. The van der Waals surface area contributed by atoms with E-state index in [-0.39, 0.29) is 5.91 Å². The highest BCUT2D eigenvalue weighted by atomic mass is 35.5. The van der Waals surface area contributed by atoms with E-state index in [9.17, 15) is 4.79 Å². The summed E-state index contributed by atoms with van der Waals surface area (Å²) in [5, 5.41) is 4.77. The first-order chi connectivity index (χ1) is 9.58. The van der Waals surface area contributed by atoms with Crippen LogP contribution in [0.4, 0.5) is 0 Å². The normalized spacial score (nSPS) is 11.2. The van der Waals surface area contributed by atoms with Crippen LogP contribution in [0.3, 0.4) is 0 Å². The van der Waals surface area contributed by atoms with E-state index in [1.54, 1.807) is 31.5 Å². The van der Waals surface area contributed by atoms with Crippen molar-refractivity contribution in [3.8, 4) is 0 Å². The second-order valence-electron chi connectivity index (χ2n) is 4.00. The van der Waals surface area contributed by atoms with Crippen LogP contribution < -0.4 is 5.43 Å². The molecule has 2 rings (SSSR count). The molecule has 1 heterocycles. The van der Waals surface area contributed by atoms with E-state index in [1.165, 1.54) is 6.07 Å². The van der Waals surface area contributed by atoms with E-state index < -0.39 is 0 Å². The van der Waals surface area contributed by atoms with Crippen molar-refractivity contribution in [1.82, 2.24) is 10.4 Å². The number of hydrogen-bond acceptors (Lipinski definition) is 3. The zero-order valence-electron chi connectivity index (χ0n) is 10.6. The Labute approximate surface area is 126 Å². The van der Waals surface area contributed by atoms with Gasteiger partial charge in [-0.05, 0) is 37.3 Å². The number of carbonyl (C=O) groups excluding carboxylic acids is 1. The quantitative estimate of drug-likeness (QED) is 0.696. The van der Waals surface area contributed by atoms with Gasteiger partial charge in [0.1, 0.15) is 0 Å². The molecule has 1 aromatic heterocycles. The Bertz CT molecular complexity index is 657. The third kappa shape index (κ3) is 3.56. The lowest BCUT2D eigenvalue weighted by Crippen LogP contribution is -2.19. The molecular formula is C14H11Cl2N3O. The first-order valence-corrected chi connectivity index (χ1v) is 6.53. The van der Waals surface area contributed by atoms with Crippen LogP contribution in [0.5, 0.6) is 0 Å². The van der Waals surface area contributed by atoms with Gasteiger partial charge in [0.05, 0.1) is 15.8 Å². The van der Waals surface area contributed by atoms with Crippen molar-refractivity contribution in [3.05, 3.63) is 63.9 Å². The SMILES string of the molecule is C/C(=N\NC(=O)c1ccc(Cl)c(Cl)c1)c1ccncc1. The zero-order valence-corrected chi connectivity index (χ0v) is 12.1. The molecule has 0 unspecified atom stereocenters. The fourth-order valence-electron chi connectivity index (χ4n) is 1.49. The number of nitrogens with one attached hydrogen (secondary N) is 1. The molecule has 0 aliphatic heterocycles. The summed E-state index contributed by atoms with van der Waals surface area (Å²) in [7, 11) is 0. The lowest BCUT2D eigenvalue weighted by atomic mass is 10.2. The largest absolute Gasteiger partial charge is 0.271 e. The van der Waals surface area contributed by atoms with Gasteiger partial charge < -0.3 is 0 Å². The molecule has 0 fully saturated rings. The smallest absolute Gasteiger partial charge is 0.267 e. The van der Waals surface area contributed by atoms with Gasteiger partial charge in [-0.2, -0.15) is 5.10 Å². The van der Waals surface area contributed by atoms with Crippen molar-refractivity contribution >= 4 is 34.8 Å². The van der Waals surface area contributed by atoms with Crippen LogP contribution in [0.2, 0.25) is 10.0 Å². The minimum absolute atomic E-state index is 0.328. The van der Waals surface area contributed by atoms with E-state index in [0.29, 0.717) is 21.3 Å². The van der Waals surface area contributed by atoms with E-state index in [4.69, 9.17) is 23.2 Å². The second-order valence-corrected chi connectivity index (χ2v) is 4.82. The van der Waals surface area contributed by atoms with Crippen molar-refractivity contribution in [2.24, 2.45) is 5.10 Å². The number of hydrogen-bond donors (Lipinski definition) is 1. The first kappa shape index (κ1) is 14.5. The summed E-state index contributed by atoms with van der Waals surface area (Å²) in [6, 6.07) is 8.27. The Hall–Kier alpha value is -1.91. The highest BCUT2D eigenvalue weighted by Crippen LogP contribution is 2.22. The van der Waals surface area contributed by atoms with Crippen molar-refractivity contribution in [1.29, 1.82) is 0 Å². The van der Waals surface area contributed by atoms with Crippen LogP contribution in [-0.2, 0) is 0 Å². The summed E-state index contributed by atoms with van der Waals surface area (Å²) in [6.45, 7) is 1.80. The molecule has 2 aromatic rings. The summed E-state index contributed by atoms with van der Waals surface area (Å²) in [6.07, 6.45) is 3.32. The van der Waals surface area contributed by atoms with Gasteiger partial charge in [-0.3, -0.25) is 9.78 Å². The minimum atomic E-state index is -0.350. The molecule has 0 saturated carbocycles. The Kier molecular flexibility index (Phi) is 4.71. The van der Waals surface area contributed by atoms with Gasteiger partial charge in [0.15, 0.2) is 0 Å². The molecule has 0 bridgehead atoms. The van der Waals surface area contributed by atoms with Gasteiger partial charge in [-0.25, -0.2) is 5.43 Å². The predicted molar refractivity (Wildman–Crippen MR) is 80.4 cm³/mol. The molecule has 0 radical (unpaired) electrons. The maximum absolute atomic E-state index is 11.9. The molecule has 1 N–H and O–H groups in total. The number of hydrazone groups is 1. The number of rotatable bonds is 3. The van der Waals surface area contributed by atoms with Gasteiger partial charge in [-0.15, -0.1) is 0 Å². The second kappa shape index (κ2) is 6.50. The lowest BCUT2D eigenvalue weighted by Gasteiger charge is -2.04. The highest BCUT2D eigenvalue weighted by Gasteiger charge is 2.07. The molecule has 0 aliphatic rings. The number of benzene rings is 1. The van der Waals surface area contributed by atoms with E-state index in [0.717, 1.165) is 5.56 Å². The molecule has 1 aromatic carbocycles. The molecule has 102 valence electrons. The van der Waals surface area contributed by atoms with Crippen LogP contribution >= 0.6 is 23.2 Å². The fourth-order valence-corrected chi connectivity index (χ4v) is 1.79. The average Bonchev–Trinajstić information content (AvgIpc) is 2.48. The molecular weight excluding hydrogens is 297 g/mol. The van der Waals surface area contributed by atoms with Crippen LogP contribution in [0, 0.1) is 0 Å². The highest BCUT2D eigenvalue weighted by molar-refractivity contribution is 6.42. The summed E-state index contributed by atoms with van der Waals surface area (Å²) in [4.78, 5) is 15.8. The van der Waals surface area contributed by atoms with Crippen molar-refractivity contribution < 1.29 is 4.79 Å². The van der Waals surface area contributed by atoms with Crippen molar-refractivity contribution in [2.75, 3.05) is 0 Å². The number of carbonyl (C=O) groups is 1. The monoisotopic (exact) mass is 307 g/mol. The van der Waals surface area contributed by atoms with Crippen molar-refractivity contribution in [3.63, 3.8) is 0 Å². The molecule has 6 heteroatoms. The molecule has 20 heavy (non-hydrogen) atoms.